The Hall–Kier alpha value is -0.190. The lowest BCUT2D eigenvalue weighted by molar-refractivity contribution is 0.443. The average molecular weight is 170 g/mol. The molecule has 0 radical (unpaired) electrons. The smallest absolute Gasteiger partial charge is 0.251 e. The van der Waals surface area contributed by atoms with Crippen LogP contribution in [0.4, 0.5) is 8.28 Å². The second kappa shape index (κ2) is 2.45. The maximum absolute atomic E-state index is 11.8. The van der Waals surface area contributed by atoms with E-state index in [9.17, 15) is 16.7 Å². The largest absolute Gasteiger partial charge is 0.302 e. The highest BCUT2D eigenvalue weighted by Crippen LogP contribution is 2.39. The summed E-state index contributed by atoms with van der Waals surface area (Å²) in [4.78, 5) is 0. The molecule has 1 fully saturated rings. The molecule has 1 aliphatic carbocycles. The Bertz CT molecular complexity index is 212. The monoisotopic (exact) mass is 170 g/mol. The Morgan fingerprint density at radius 1 is 1.40 bits per heavy atom. The van der Waals surface area contributed by atoms with Gasteiger partial charge in [-0.25, -0.2) is 0 Å². The Morgan fingerprint density at radius 3 is 2.30 bits per heavy atom. The van der Waals surface area contributed by atoms with Crippen LogP contribution in [0.25, 0.3) is 0 Å². The Balaban J connectivity index is 2.31. The van der Waals surface area contributed by atoms with Crippen molar-refractivity contribution in [2.45, 2.75) is 6.42 Å². The van der Waals surface area contributed by atoms with Gasteiger partial charge in [0.25, 0.3) is 0 Å². The number of alkyl halides is 1. The number of hydrogen-bond acceptors (Lipinski definition) is 2. The summed E-state index contributed by atoms with van der Waals surface area (Å²) in [6, 6.07) is 0. The van der Waals surface area contributed by atoms with Crippen LogP contribution in [0.15, 0.2) is 0 Å². The quantitative estimate of drug-likeness (QED) is 0.589. The highest BCUT2D eigenvalue weighted by Gasteiger charge is 2.40. The molecule has 0 aromatic carbocycles. The predicted octanol–water partition coefficient (Wildman–Crippen LogP) is 0.891. The summed E-state index contributed by atoms with van der Waals surface area (Å²) < 4.78 is 43.4. The molecule has 0 heterocycles. The van der Waals surface area contributed by atoms with E-state index in [1.807, 2.05) is 0 Å². The fourth-order valence-corrected chi connectivity index (χ4v) is 1.88. The van der Waals surface area contributed by atoms with E-state index >= 15 is 0 Å². The molecule has 1 aliphatic rings. The molecule has 2 nitrogen and oxygen atoms in total. The van der Waals surface area contributed by atoms with E-state index in [-0.39, 0.29) is 11.8 Å². The van der Waals surface area contributed by atoms with Crippen LogP contribution in [-0.4, -0.2) is 20.8 Å². The molecule has 0 saturated heterocycles. The second-order valence-corrected chi connectivity index (χ2v) is 4.03. The van der Waals surface area contributed by atoms with Crippen LogP contribution in [0.3, 0.4) is 0 Å². The highest BCUT2D eigenvalue weighted by molar-refractivity contribution is 7.86. The molecule has 1 rings (SSSR count). The minimum Gasteiger partial charge on any atom is -0.251 e. The van der Waals surface area contributed by atoms with Gasteiger partial charge in [-0.15, -0.1) is 3.89 Å². The number of hydrogen-bond donors (Lipinski definition) is 0. The predicted molar refractivity (Wildman–Crippen MR) is 32.5 cm³/mol. The molecule has 0 spiro atoms. The lowest BCUT2D eigenvalue weighted by atomic mass is 10.4. The Kier molecular flexibility index (Phi) is 1.94. The van der Waals surface area contributed by atoms with E-state index < -0.39 is 22.7 Å². The van der Waals surface area contributed by atoms with Gasteiger partial charge >= 0.3 is 10.2 Å². The first-order chi connectivity index (χ1) is 4.53. The summed E-state index contributed by atoms with van der Waals surface area (Å²) in [5.74, 6) is -0.966. The highest BCUT2D eigenvalue weighted by atomic mass is 32.3. The van der Waals surface area contributed by atoms with Crippen molar-refractivity contribution in [3.8, 4) is 0 Å². The molecule has 10 heavy (non-hydrogen) atoms. The third-order valence-electron chi connectivity index (χ3n) is 1.68. The van der Waals surface area contributed by atoms with Gasteiger partial charge in [0.2, 0.25) is 0 Å². The van der Waals surface area contributed by atoms with Crippen molar-refractivity contribution in [3.63, 3.8) is 0 Å². The normalized spacial score (nSPS) is 32.2. The first kappa shape index (κ1) is 7.91. The van der Waals surface area contributed by atoms with Crippen molar-refractivity contribution in [1.29, 1.82) is 0 Å². The topological polar surface area (TPSA) is 34.1 Å². The van der Waals surface area contributed by atoms with Gasteiger partial charge in [-0.3, -0.25) is 4.39 Å². The van der Waals surface area contributed by atoms with Crippen molar-refractivity contribution in [2.75, 3.05) is 12.4 Å². The second-order valence-electron chi connectivity index (χ2n) is 2.62. The Morgan fingerprint density at radius 2 is 2.00 bits per heavy atom. The van der Waals surface area contributed by atoms with Gasteiger partial charge < -0.3 is 0 Å². The zero-order valence-electron chi connectivity index (χ0n) is 5.26. The van der Waals surface area contributed by atoms with Crippen molar-refractivity contribution in [1.82, 2.24) is 0 Å². The fraction of sp³-hybridized carbons (Fsp3) is 1.00. The lowest BCUT2D eigenvalue weighted by Crippen LogP contribution is -2.02. The lowest BCUT2D eigenvalue weighted by Gasteiger charge is -1.89. The summed E-state index contributed by atoms with van der Waals surface area (Å²) in [5, 5.41) is 0. The van der Waals surface area contributed by atoms with Crippen LogP contribution in [0.2, 0.25) is 0 Å². The maximum atomic E-state index is 11.8. The summed E-state index contributed by atoms with van der Waals surface area (Å²) in [6.45, 7) is -0.528. The van der Waals surface area contributed by atoms with Gasteiger partial charge in [0.1, 0.15) is 0 Å². The molecular formula is C5H8F2O2S. The first-order valence-corrected chi connectivity index (χ1v) is 4.56. The molecule has 0 N–H and O–H groups in total. The van der Waals surface area contributed by atoms with Crippen LogP contribution in [0, 0.1) is 11.8 Å². The van der Waals surface area contributed by atoms with Crippen LogP contribution in [-0.2, 0) is 10.2 Å². The van der Waals surface area contributed by atoms with Gasteiger partial charge in [0, 0.05) is 0 Å². The first-order valence-electron chi connectivity index (χ1n) is 3.01. The molecule has 1 saturated carbocycles. The van der Waals surface area contributed by atoms with E-state index in [0.717, 1.165) is 0 Å². The molecular weight excluding hydrogens is 162 g/mol. The average Bonchev–Trinajstić information content (AvgIpc) is 2.42. The summed E-state index contributed by atoms with van der Waals surface area (Å²) >= 11 is 0. The van der Waals surface area contributed by atoms with Gasteiger partial charge in [0.15, 0.2) is 0 Å². The zero-order valence-corrected chi connectivity index (χ0v) is 6.07. The Labute approximate surface area is 58.4 Å². The fourth-order valence-electron chi connectivity index (χ4n) is 0.959. The molecule has 0 aromatic heterocycles. The molecule has 0 bridgehead atoms. The van der Waals surface area contributed by atoms with Crippen molar-refractivity contribution >= 4 is 10.2 Å². The van der Waals surface area contributed by atoms with E-state index in [0.29, 0.717) is 6.42 Å². The summed E-state index contributed by atoms with van der Waals surface area (Å²) in [6.07, 6.45) is 0.514. The minimum absolute atomic E-state index is 0.203. The third-order valence-corrected chi connectivity index (χ3v) is 2.51. The summed E-state index contributed by atoms with van der Waals surface area (Å²) in [5.41, 5.74) is 0. The van der Waals surface area contributed by atoms with E-state index in [2.05, 4.69) is 0 Å². The van der Waals surface area contributed by atoms with E-state index in [4.69, 9.17) is 0 Å². The maximum Gasteiger partial charge on any atom is 0.302 e. The molecule has 0 unspecified atom stereocenters. The zero-order chi connectivity index (χ0) is 7.78. The minimum atomic E-state index is -4.37. The molecule has 0 aliphatic heterocycles. The SMILES string of the molecule is O=S(=O)(F)C[C@@H]1C[C@H]1CF. The number of halogens is 2. The van der Waals surface area contributed by atoms with Crippen LogP contribution < -0.4 is 0 Å². The van der Waals surface area contributed by atoms with Crippen molar-refractivity contribution < 1.29 is 16.7 Å². The van der Waals surface area contributed by atoms with E-state index in [1.165, 1.54) is 0 Å². The van der Waals surface area contributed by atoms with Crippen molar-refractivity contribution in [2.24, 2.45) is 11.8 Å². The van der Waals surface area contributed by atoms with E-state index in [1.54, 1.807) is 0 Å². The van der Waals surface area contributed by atoms with Crippen LogP contribution in [0.5, 0.6) is 0 Å². The summed E-state index contributed by atoms with van der Waals surface area (Å²) in [7, 11) is -4.37. The van der Waals surface area contributed by atoms with Crippen molar-refractivity contribution in [3.05, 3.63) is 0 Å². The molecule has 60 valence electrons. The third kappa shape index (κ3) is 2.21. The van der Waals surface area contributed by atoms with Crippen LogP contribution >= 0.6 is 0 Å². The standard InChI is InChI=1S/C5H8F2O2S/c6-2-4-1-5(4)3-10(7,8)9/h4-5H,1-3H2/t4-,5-/m0/s1. The van der Waals surface area contributed by atoms with Gasteiger partial charge in [-0.1, -0.05) is 0 Å². The van der Waals surface area contributed by atoms with Gasteiger partial charge in [-0.05, 0) is 18.3 Å². The molecule has 5 heteroatoms. The van der Waals surface area contributed by atoms with Gasteiger partial charge in [0.05, 0.1) is 12.4 Å². The molecule has 0 aromatic rings. The van der Waals surface area contributed by atoms with Gasteiger partial charge in [-0.2, -0.15) is 8.42 Å². The number of rotatable bonds is 3. The van der Waals surface area contributed by atoms with Crippen LogP contribution in [0.1, 0.15) is 6.42 Å². The molecule has 0 amide bonds. The molecule has 2 atom stereocenters.